The Balaban J connectivity index is 2.24. The maximum absolute atomic E-state index is 11.3. The Kier molecular flexibility index (Phi) is 2.75. The highest BCUT2D eigenvalue weighted by Crippen LogP contribution is 2.34. The molecule has 4 nitrogen and oxygen atoms in total. The predicted molar refractivity (Wildman–Crippen MR) is 55.9 cm³/mol. The molecule has 0 amide bonds. The van der Waals surface area contributed by atoms with Gasteiger partial charge < -0.3 is 9.72 Å². The van der Waals surface area contributed by atoms with E-state index in [1.165, 1.54) is 32.8 Å². The number of methoxy groups -OCH3 is 1. The van der Waals surface area contributed by atoms with Crippen LogP contribution in [0, 0.1) is 6.92 Å². The van der Waals surface area contributed by atoms with E-state index in [1.54, 1.807) is 0 Å². The first-order valence-electron chi connectivity index (χ1n) is 5.37. The number of nitrogens with one attached hydrogen (secondary N) is 1. The molecule has 1 aliphatic rings. The molecule has 0 atom stereocenters. The van der Waals surface area contributed by atoms with Crippen LogP contribution < -0.4 is 0 Å². The van der Waals surface area contributed by atoms with E-state index in [0.29, 0.717) is 11.7 Å². The average Bonchev–Trinajstić information content (AvgIpc) is 2.84. The fraction of sp³-hybridized carbons (Fsp3) is 0.636. The van der Waals surface area contributed by atoms with Gasteiger partial charge in [0, 0.05) is 11.6 Å². The maximum atomic E-state index is 11.3. The number of hydrogen-bond donors (Lipinski definition) is 1. The Hall–Kier alpha value is -1.32. The number of ether oxygens (including phenoxy) is 1. The summed E-state index contributed by atoms with van der Waals surface area (Å²) in [5.41, 5.74) is 2.05. The zero-order valence-corrected chi connectivity index (χ0v) is 9.17. The Bertz CT molecular complexity index is 365. The molecule has 82 valence electrons. The van der Waals surface area contributed by atoms with Gasteiger partial charge in [0.05, 0.1) is 12.8 Å². The summed E-state index contributed by atoms with van der Waals surface area (Å²) in [5.74, 6) is 0.471. The lowest BCUT2D eigenvalue weighted by molar-refractivity contribution is 0.0587. The third-order valence-corrected chi connectivity index (χ3v) is 3.04. The van der Waals surface area contributed by atoms with Crippen LogP contribution >= 0.6 is 0 Å². The average molecular weight is 208 g/mol. The largest absolute Gasteiger partial charge is 0.463 e. The highest BCUT2D eigenvalue weighted by atomic mass is 16.5. The summed E-state index contributed by atoms with van der Waals surface area (Å²) >= 11 is 0. The summed E-state index contributed by atoms with van der Waals surface area (Å²) < 4.78 is 4.63. The second-order valence-corrected chi connectivity index (χ2v) is 4.07. The lowest BCUT2D eigenvalue weighted by atomic mass is 10.0. The molecule has 0 saturated heterocycles. The molecular weight excluding hydrogens is 192 g/mol. The molecule has 1 heterocycles. The Labute approximate surface area is 89.0 Å². The van der Waals surface area contributed by atoms with E-state index in [9.17, 15) is 4.79 Å². The first-order chi connectivity index (χ1) is 7.22. The van der Waals surface area contributed by atoms with Crippen LogP contribution in [-0.2, 0) is 4.74 Å². The number of H-pyrrole nitrogens is 1. The van der Waals surface area contributed by atoms with Crippen molar-refractivity contribution in [2.75, 3.05) is 7.11 Å². The van der Waals surface area contributed by atoms with Gasteiger partial charge in [-0.1, -0.05) is 12.8 Å². The van der Waals surface area contributed by atoms with Crippen LogP contribution in [-0.4, -0.2) is 23.0 Å². The van der Waals surface area contributed by atoms with Crippen molar-refractivity contribution >= 4 is 5.97 Å². The van der Waals surface area contributed by atoms with Gasteiger partial charge in [-0.15, -0.1) is 0 Å². The number of hydrogen-bond acceptors (Lipinski definition) is 3. The van der Waals surface area contributed by atoms with Gasteiger partial charge in [-0.3, -0.25) is 0 Å². The normalized spacial score (nSPS) is 16.9. The fourth-order valence-electron chi connectivity index (χ4n) is 2.26. The molecule has 0 radical (unpaired) electrons. The van der Waals surface area contributed by atoms with Crippen LogP contribution in [0.25, 0.3) is 0 Å². The monoisotopic (exact) mass is 208 g/mol. The number of rotatable bonds is 2. The van der Waals surface area contributed by atoms with Crippen molar-refractivity contribution in [1.82, 2.24) is 9.97 Å². The van der Waals surface area contributed by atoms with Crippen LogP contribution in [0.5, 0.6) is 0 Å². The van der Waals surface area contributed by atoms with Crippen molar-refractivity contribution in [3.05, 3.63) is 17.2 Å². The molecule has 0 aliphatic heterocycles. The molecular formula is C11H16N2O2. The summed E-state index contributed by atoms with van der Waals surface area (Å²) in [6.07, 6.45) is 4.91. The van der Waals surface area contributed by atoms with Gasteiger partial charge in [-0.05, 0) is 19.8 Å². The standard InChI is InChI=1S/C11H16N2O2/c1-7-9(8-5-3-4-6-8)13-10(12-7)11(14)15-2/h8H,3-6H2,1-2H3,(H,12,13). The van der Waals surface area contributed by atoms with Crippen molar-refractivity contribution < 1.29 is 9.53 Å². The van der Waals surface area contributed by atoms with E-state index in [2.05, 4.69) is 14.7 Å². The zero-order chi connectivity index (χ0) is 10.8. The number of imidazole rings is 1. The number of nitrogens with zero attached hydrogens (tertiary/aromatic N) is 1. The second-order valence-electron chi connectivity index (χ2n) is 4.07. The van der Waals surface area contributed by atoms with Crippen molar-refractivity contribution in [1.29, 1.82) is 0 Å². The van der Waals surface area contributed by atoms with E-state index in [-0.39, 0.29) is 5.97 Å². The van der Waals surface area contributed by atoms with Crippen LogP contribution in [0.15, 0.2) is 0 Å². The summed E-state index contributed by atoms with van der Waals surface area (Å²) in [7, 11) is 1.37. The number of aromatic nitrogens is 2. The van der Waals surface area contributed by atoms with Gasteiger partial charge in [-0.2, -0.15) is 0 Å². The molecule has 1 N–H and O–H groups in total. The summed E-state index contributed by atoms with van der Waals surface area (Å²) in [4.78, 5) is 18.6. The predicted octanol–water partition coefficient (Wildman–Crippen LogP) is 2.16. The smallest absolute Gasteiger partial charge is 0.374 e. The second kappa shape index (κ2) is 4.04. The van der Waals surface area contributed by atoms with Gasteiger partial charge in [0.2, 0.25) is 5.82 Å². The molecule has 0 aromatic carbocycles. The maximum Gasteiger partial charge on any atom is 0.374 e. The summed E-state index contributed by atoms with van der Waals surface area (Å²) in [5, 5.41) is 0. The van der Waals surface area contributed by atoms with Gasteiger partial charge in [0.1, 0.15) is 0 Å². The summed E-state index contributed by atoms with van der Waals surface area (Å²) in [6, 6.07) is 0. The first-order valence-corrected chi connectivity index (χ1v) is 5.37. The van der Waals surface area contributed by atoms with Crippen molar-refractivity contribution in [3.63, 3.8) is 0 Å². The fourth-order valence-corrected chi connectivity index (χ4v) is 2.26. The molecule has 1 aliphatic carbocycles. The van der Waals surface area contributed by atoms with E-state index < -0.39 is 0 Å². The van der Waals surface area contributed by atoms with Crippen molar-refractivity contribution in [2.45, 2.75) is 38.5 Å². The first kappa shape index (κ1) is 10.2. The minimum absolute atomic E-state index is 0.330. The Morgan fingerprint density at radius 1 is 1.47 bits per heavy atom. The molecule has 1 saturated carbocycles. The van der Waals surface area contributed by atoms with Crippen LogP contribution in [0.4, 0.5) is 0 Å². The zero-order valence-electron chi connectivity index (χ0n) is 9.17. The Morgan fingerprint density at radius 2 is 2.13 bits per heavy atom. The lowest BCUT2D eigenvalue weighted by Gasteiger charge is -2.05. The van der Waals surface area contributed by atoms with E-state index in [4.69, 9.17) is 0 Å². The number of aromatic amines is 1. The molecule has 1 aromatic heterocycles. The van der Waals surface area contributed by atoms with Crippen LogP contribution in [0.2, 0.25) is 0 Å². The van der Waals surface area contributed by atoms with Gasteiger partial charge >= 0.3 is 5.97 Å². The quantitative estimate of drug-likeness (QED) is 0.758. The van der Waals surface area contributed by atoms with Gasteiger partial charge in [0.25, 0.3) is 0 Å². The van der Waals surface area contributed by atoms with Gasteiger partial charge in [0.15, 0.2) is 0 Å². The minimum Gasteiger partial charge on any atom is -0.463 e. The SMILES string of the molecule is COC(=O)c1nc(C2CCCC2)c(C)[nH]1. The molecule has 15 heavy (non-hydrogen) atoms. The Morgan fingerprint density at radius 3 is 2.73 bits per heavy atom. The van der Waals surface area contributed by atoms with Crippen molar-refractivity contribution in [3.8, 4) is 0 Å². The van der Waals surface area contributed by atoms with Gasteiger partial charge in [-0.25, -0.2) is 9.78 Å². The number of esters is 1. The molecule has 0 unspecified atom stereocenters. The minimum atomic E-state index is -0.387. The molecule has 4 heteroatoms. The van der Waals surface area contributed by atoms with E-state index in [1.807, 2.05) is 6.92 Å². The number of carbonyl (C=O) groups excluding carboxylic acids is 1. The third kappa shape index (κ3) is 1.89. The topological polar surface area (TPSA) is 55.0 Å². The summed E-state index contributed by atoms with van der Waals surface area (Å²) in [6.45, 7) is 1.97. The van der Waals surface area contributed by atoms with Crippen LogP contribution in [0.3, 0.4) is 0 Å². The number of aryl methyl sites for hydroxylation is 1. The lowest BCUT2D eigenvalue weighted by Crippen LogP contribution is -2.04. The molecule has 2 rings (SSSR count). The molecule has 1 fully saturated rings. The number of carbonyl (C=O) groups is 1. The van der Waals surface area contributed by atoms with Crippen LogP contribution in [0.1, 0.15) is 53.6 Å². The van der Waals surface area contributed by atoms with Crippen molar-refractivity contribution in [2.24, 2.45) is 0 Å². The molecule has 1 aromatic rings. The molecule has 0 bridgehead atoms. The van der Waals surface area contributed by atoms with E-state index >= 15 is 0 Å². The third-order valence-electron chi connectivity index (χ3n) is 3.04. The highest BCUT2D eigenvalue weighted by molar-refractivity contribution is 5.85. The highest BCUT2D eigenvalue weighted by Gasteiger charge is 2.23. The molecule has 0 spiro atoms. The van der Waals surface area contributed by atoms with E-state index in [0.717, 1.165) is 11.4 Å².